The van der Waals surface area contributed by atoms with Crippen molar-refractivity contribution in [3.63, 3.8) is 0 Å². The van der Waals surface area contributed by atoms with Gasteiger partial charge in [0.05, 0.1) is 10.2 Å². The second-order valence-corrected chi connectivity index (χ2v) is 7.81. The lowest BCUT2D eigenvalue weighted by Crippen LogP contribution is -2.56. The fourth-order valence-electron chi connectivity index (χ4n) is 3.40. The van der Waals surface area contributed by atoms with E-state index in [1.54, 1.807) is 21.9 Å². The molecular weight excluding hydrogens is 374 g/mol. The zero-order chi connectivity index (χ0) is 19.7. The van der Waals surface area contributed by atoms with Gasteiger partial charge >= 0.3 is 0 Å². The van der Waals surface area contributed by atoms with Crippen LogP contribution in [-0.4, -0.2) is 58.1 Å². The molecule has 0 radical (unpaired) electrons. The number of rotatable bonds is 3. The average molecular weight is 393 g/mol. The number of thiazole rings is 1. The molecule has 6 nitrogen and oxygen atoms in total. The van der Waals surface area contributed by atoms with Gasteiger partial charge in [-0.05, 0) is 31.2 Å². The molecule has 1 atom stereocenters. The maximum atomic E-state index is 12.8. The molecule has 0 bridgehead atoms. The molecule has 3 aromatic rings. The van der Waals surface area contributed by atoms with Crippen LogP contribution >= 0.6 is 11.3 Å². The molecule has 1 fully saturated rings. The standard InChI is InChI=1S/C21H19N3O3S/c1-14-13-23(20(26)15-7-3-2-4-8-15)11-12-24(14)21(27)18(25)19-22-16-9-5-6-10-17(16)28-19/h2-10,14H,11-13H2,1H3. The van der Waals surface area contributed by atoms with Crippen molar-refractivity contribution in [1.82, 2.24) is 14.8 Å². The molecule has 1 unspecified atom stereocenters. The number of para-hydroxylation sites is 1. The molecule has 28 heavy (non-hydrogen) atoms. The molecule has 1 aliphatic heterocycles. The second kappa shape index (κ2) is 7.52. The summed E-state index contributed by atoms with van der Waals surface area (Å²) in [6.45, 7) is 2.98. The second-order valence-electron chi connectivity index (χ2n) is 6.78. The lowest BCUT2D eigenvalue weighted by molar-refractivity contribution is -0.130. The van der Waals surface area contributed by atoms with Gasteiger partial charge in [0.15, 0.2) is 5.01 Å². The van der Waals surface area contributed by atoms with E-state index in [9.17, 15) is 14.4 Å². The van der Waals surface area contributed by atoms with E-state index in [0.717, 1.165) is 10.2 Å². The zero-order valence-corrected chi connectivity index (χ0v) is 16.2. The Morgan fingerprint density at radius 2 is 1.71 bits per heavy atom. The molecule has 0 N–H and O–H groups in total. The minimum atomic E-state index is -0.587. The van der Waals surface area contributed by atoms with Gasteiger partial charge in [-0.1, -0.05) is 30.3 Å². The highest BCUT2D eigenvalue weighted by atomic mass is 32.1. The van der Waals surface area contributed by atoms with Crippen LogP contribution in [0.15, 0.2) is 54.6 Å². The number of benzene rings is 2. The summed E-state index contributed by atoms with van der Waals surface area (Å²) in [7, 11) is 0. The van der Waals surface area contributed by atoms with Gasteiger partial charge in [-0.2, -0.15) is 0 Å². The zero-order valence-electron chi connectivity index (χ0n) is 15.4. The van der Waals surface area contributed by atoms with Crippen LogP contribution in [0.3, 0.4) is 0 Å². The van der Waals surface area contributed by atoms with Crippen LogP contribution in [0.5, 0.6) is 0 Å². The van der Waals surface area contributed by atoms with Gasteiger partial charge in [0.2, 0.25) is 0 Å². The van der Waals surface area contributed by atoms with Crippen LogP contribution in [0.25, 0.3) is 10.2 Å². The third kappa shape index (κ3) is 3.41. The van der Waals surface area contributed by atoms with Crippen LogP contribution in [0.2, 0.25) is 0 Å². The maximum absolute atomic E-state index is 12.8. The number of nitrogens with zero attached hydrogens (tertiary/aromatic N) is 3. The maximum Gasteiger partial charge on any atom is 0.297 e. The SMILES string of the molecule is CC1CN(C(=O)c2ccccc2)CCN1C(=O)C(=O)c1nc2ccccc2s1. The number of amides is 2. The first-order valence-electron chi connectivity index (χ1n) is 9.10. The van der Waals surface area contributed by atoms with E-state index >= 15 is 0 Å². The number of piperazine rings is 1. The molecule has 0 spiro atoms. The number of fused-ring (bicyclic) bond motifs is 1. The van der Waals surface area contributed by atoms with Gasteiger partial charge in [0.1, 0.15) is 0 Å². The Morgan fingerprint density at radius 3 is 2.43 bits per heavy atom. The predicted octanol–water partition coefficient (Wildman–Crippen LogP) is 2.85. The van der Waals surface area contributed by atoms with E-state index in [2.05, 4.69) is 4.98 Å². The fraction of sp³-hybridized carbons (Fsp3) is 0.238. The molecule has 1 saturated heterocycles. The highest BCUT2D eigenvalue weighted by Crippen LogP contribution is 2.23. The largest absolute Gasteiger partial charge is 0.335 e. The van der Waals surface area contributed by atoms with E-state index in [1.165, 1.54) is 11.3 Å². The van der Waals surface area contributed by atoms with Crippen molar-refractivity contribution in [2.24, 2.45) is 0 Å². The summed E-state index contributed by atoms with van der Waals surface area (Å²) >= 11 is 1.23. The van der Waals surface area contributed by atoms with E-state index in [-0.39, 0.29) is 17.0 Å². The topological polar surface area (TPSA) is 70.6 Å². The summed E-state index contributed by atoms with van der Waals surface area (Å²) in [5.41, 5.74) is 1.34. The first kappa shape index (κ1) is 18.3. The van der Waals surface area contributed by atoms with Crippen molar-refractivity contribution < 1.29 is 14.4 Å². The summed E-state index contributed by atoms with van der Waals surface area (Å²) in [5.74, 6) is -1.20. The van der Waals surface area contributed by atoms with Gasteiger partial charge in [-0.15, -0.1) is 11.3 Å². The summed E-state index contributed by atoms with van der Waals surface area (Å²) < 4.78 is 0.880. The third-order valence-corrected chi connectivity index (χ3v) is 5.91. The normalized spacial score (nSPS) is 17.0. The van der Waals surface area contributed by atoms with Gasteiger partial charge < -0.3 is 9.80 Å². The Morgan fingerprint density at radius 1 is 1.00 bits per heavy atom. The fourth-order valence-corrected chi connectivity index (χ4v) is 4.30. The van der Waals surface area contributed by atoms with Crippen LogP contribution in [0, 0.1) is 0 Å². The Labute approximate surface area is 166 Å². The molecule has 2 aromatic carbocycles. The first-order valence-corrected chi connectivity index (χ1v) is 9.91. The molecule has 2 heterocycles. The molecule has 0 saturated carbocycles. The molecule has 1 aliphatic rings. The summed E-state index contributed by atoms with van der Waals surface area (Å²) in [6.07, 6.45) is 0. The van der Waals surface area contributed by atoms with Crippen LogP contribution in [0.1, 0.15) is 27.1 Å². The van der Waals surface area contributed by atoms with Crippen molar-refractivity contribution in [3.05, 3.63) is 65.2 Å². The van der Waals surface area contributed by atoms with E-state index in [1.807, 2.05) is 49.4 Å². The Balaban J connectivity index is 1.46. The monoisotopic (exact) mass is 393 g/mol. The molecule has 2 amide bonds. The lowest BCUT2D eigenvalue weighted by Gasteiger charge is -2.39. The number of ketones is 1. The third-order valence-electron chi connectivity index (χ3n) is 4.88. The Bertz CT molecular complexity index is 1010. The van der Waals surface area contributed by atoms with Gasteiger partial charge in [0, 0.05) is 31.2 Å². The molecule has 0 aliphatic carbocycles. The number of hydrogen-bond donors (Lipinski definition) is 0. The van der Waals surface area contributed by atoms with E-state index in [0.29, 0.717) is 25.2 Å². The highest BCUT2D eigenvalue weighted by molar-refractivity contribution is 7.21. The minimum Gasteiger partial charge on any atom is -0.335 e. The van der Waals surface area contributed by atoms with E-state index < -0.39 is 11.7 Å². The molecular formula is C21H19N3O3S. The van der Waals surface area contributed by atoms with Gasteiger partial charge in [-0.3, -0.25) is 14.4 Å². The molecule has 7 heteroatoms. The number of hydrogen-bond acceptors (Lipinski definition) is 5. The van der Waals surface area contributed by atoms with Crippen molar-refractivity contribution in [1.29, 1.82) is 0 Å². The number of carbonyl (C=O) groups is 3. The highest BCUT2D eigenvalue weighted by Gasteiger charge is 2.34. The van der Waals surface area contributed by atoms with Crippen molar-refractivity contribution in [3.8, 4) is 0 Å². The van der Waals surface area contributed by atoms with Gasteiger partial charge in [0.25, 0.3) is 17.6 Å². The van der Waals surface area contributed by atoms with Crippen LogP contribution < -0.4 is 0 Å². The minimum absolute atomic E-state index is 0.0583. The smallest absolute Gasteiger partial charge is 0.297 e. The Hall–Kier alpha value is -3.06. The number of aromatic nitrogens is 1. The summed E-state index contributed by atoms with van der Waals surface area (Å²) in [6, 6.07) is 16.3. The van der Waals surface area contributed by atoms with Crippen LogP contribution in [0.4, 0.5) is 0 Å². The van der Waals surface area contributed by atoms with Gasteiger partial charge in [-0.25, -0.2) is 4.98 Å². The van der Waals surface area contributed by atoms with Crippen LogP contribution in [-0.2, 0) is 4.79 Å². The summed E-state index contributed by atoms with van der Waals surface area (Å²) in [4.78, 5) is 45.6. The number of carbonyl (C=O) groups excluding carboxylic acids is 3. The lowest BCUT2D eigenvalue weighted by atomic mass is 10.1. The molecule has 4 rings (SSSR count). The average Bonchev–Trinajstić information content (AvgIpc) is 3.17. The van der Waals surface area contributed by atoms with E-state index in [4.69, 9.17) is 0 Å². The predicted molar refractivity (Wildman–Crippen MR) is 107 cm³/mol. The number of Topliss-reactive ketones (excluding diaryl/α,β-unsaturated/α-hetero) is 1. The van der Waals surface area contributed by atoms with Crippen molar-refractivity contribution in [2.45, 2.75) is 13.0 Å². The van der Waals surface area contributed by atoms with Crippen molar-refractivity contribution in [2.75, 3.05) is 19.6 Å². The molecule has 1 aromatic heterocycles. The first-order chi connectivity index (χ1) is 13.5. The van der Waals surface area contributed by atoms with Crippen molar-refractivity contribution >= 4 is 39.2 Å². The quantitative estimate of drug-likeness (QED) is 0.507. The summed E-state index contributed by atoms with van der Waals surface area (Å²) in [5, 5.41) is 0.209. The molecule has 142 valence electrons. The Kier molecular flexibility index (Phi) is 4.92.